The van der Waals surface area contributed by atoms with Crippen molar-refractivity contribution in [3.05, 3.63) is 41.7 Å². The van der Waals surface area contributed by atoms with Crippen molar-refractivity contribution in [3.63, 3.8) is 0 Å². The SMILES string of the molecule is O=C1c2ccccc2CN1n1cnnn1. The first-order chi connectivity index (χ1) is 7.36. The summed E-state index contributed by atoms with van der Waals surface area (Å²) in [7, 11) is 0. The summed E-state index contributed by atoms with van der Waals surface area (Å²) in [4.78, 5) is 13.3. The molecule has 74 valence electrons. The van der Waals surface area contributed by atoms with Crippen LogP contribution in [0.15, 0.2) is 30.6 Å². The van der Waals surface area contributed by atoms with Gasteiger partial charge in [0, 0.05) is 5.56 Å². The van der Waals surface area contributed by atoms with Crippen molar-refractivity contribution in [2.75, 3.05) is 5.01 Å². The van der Waals surface area contributed by atoms with E-state index in [4.69, 9.17) is 0 Å². The van der Waals surface area contributed by atoms with Gasteiger partial charge in [0.25, 0.3) is 5.91 Å². The molecule has 0 N–H and O–H groups in total. The van der Waals surface area contributed by atoms with Gasteiger partial charge in [-0.2, -0.15) is 0 Å². The highest BCUT2D eigenvalue weighted by Crippen LogP contribution is 2.20. The molecule has 0 fully saturated rings. The number of tetrazole rings is 1. The second-order valence-corrected chi connectivity index (χ2v) is 3.25. The maximum atomic E-state index is 11.9. The van der Waals surface area contributed by atoms with E-state index in [2.05, 4.69) is 15.5 Å². The van der Waals surface area contributed by atoms with Crippen LogP contribution in [0.25, 0.3) is 0 Å². The highest BCUT2D eigenvalue weighted by molar-refractivity contribution is 6.05. The van der Waals surface area contributed by atoms with Gasteiger partial charge in [-0.25, -0.2) is 5.01 Å². The summed E-state index contributed by atoms with van der Waals surface area (Å²) in [5, 5.41) is 12.2. The molecule has 2 heterocycles. The summed E-state index contributed by atoms with van der Waals surface area (Å²) in [6.07, 6.45) is 1.41. The van der Waals surface area contributed by atoms with E-state index in [0.717, 1.165) is 5.56 Å². The van der Waals surface area contributed by atoms with Crippen molar-refractivity contribution in [3.8, 4) is 0 Å². The van der Waals surface area contributed by atoms with Gasteiger partial charge in [0.1, 0.15) is 0 Å². The summed E-state index contributed by atoms with van der Waals surface area (Å²) >= 11 is 0. The molecule has 0 saturated heterocycles. The predicted molar refractivity (Wildman–Crippen MR) is 50.5 cm³/mol. The zero-order chi connectivity index (χ0) is 10.3. The van der Waals surface area contributed by atoms with Gasteiger partial charge in [-0.15, -0.1) is 9.89 Å². The number of aromatic nitrogens is 4. The Morgan fingerprint density at radius 3 is 2.87 bits per heavy atom. The van der Waals surface area contributed by atoms with Crippen molar-refractivity contribution in [1.82, 2.24) is 20.3 Å². The van der Waals surface area contributed by atoms with Gasteiger partial charge < -0.3 is 0 Å². The zero-order valence-electron chi connectivity index (χ0n) is 7.74. The molecule has 2 aromatic rings. The number of rotatable bonds is 1. The Balaban J connectivity index is 2.04. The lowest BCUT2D eigenvalue weighted by Crippen LogP contribution is -2.35. The Hall–Kier alpha value is -2.24. The van der Waals surface area contributed by atoms with Gasteiger partial charge in [0.15, 0.2) is 6.33 Å². The summed E-state index contributed by atoms with van der Waals surface area (Å²) in [5.41, 5.74) is 1.71. The largest absolute Gasteiger partial charge is 0.274 e. The van der Waals surface area contributed by atoms with Gasteiger partial charge in [-0.3, -0.25) is 4.79 Å². The number of benzene rings is 1. The van der Waals surface area contributed by atoms with Crippen LogP contribution in [0.1, 0.15) is 15.9 Å². The second kappa shape index (κ2) is 2.88. The van der Waals surface area contributed by atoms with Crippen LogP contribution in [0.5, 0.6) is 0 Å². The fourth-order valence-corrected chi connectivity index (χ4v) is 1.67. The van der Waals surface area contributed by atoms with E-state index in [9.17, 15) is 4.79 Å². The standard InChI is InChI=1S/C9H7N5O/c15-9-8-4-2-1-3-7(8)5-13(9)14-6-10-11-12-14/h1-4,6H,5H2. The van der Waals surface area contributed by atoms with Crippen LogP contribution in [-0.4, -0.2) is 26.2 Å². The first-order valence-electron chi connectivity index (χ1n) is 4.49. The van der Waals surface area contributed by atoms with E-state index in [1.54, 1.807) is 0 Å². The van der Waals surface area contributed by atoms with E-state index in [1.807, 2.05) is 24.3 Å². The lowest BCUT2D eigenvalue weighted by atomic mass is 10.1. The predicted octanol–water partition coefficient (Wildman–Crippen LogP) is -0.0349. The average molecular weight is 201 g/mol. The molecular weight excluding hydrogens is 194 g/mol. The molecule has 1 aliphatic rings. The molecule has 6 heteroatoms. The summed E-state index contributed by atoms with van der Waals surface area (Å²) in [5.74, 6) is -0.0714. The van der Waals surface area contributed by atoms with E-state index in [-0.39, 0.29) is 5.91 Å². The second-order valence-electron chi connectivity index (χ2n) is 3.25. The van der Waals surface area contributed by atoms with Crippen LogP contribution >= 0.6 is 0 Å². The molecule has 0 saturated carbocycles. The number of amides is 1. The van der Waals surface area contributed by atoms with E-state index in [0.29, 0.717) is 12.1 Å². The first kappa shape index (κ1) is 8.10. The summed E-state index contributed by atoms with van der Waals surface area (Å²) in [6.45, 7) is 0.514. The van der Waals surface area contributed by atoms with Crippen molar-refractivity contribution in [1.29, 1.82) is 0 Å². The monoisotopic (exact) mass is 201 g/mol. The quantitative estimate of drug-likeness (QED) is 0.649. The third kappa shape index (κ3) is 1.11. The molecule has 1 aromatic heterocycles. The lowest BCUT2D eigenvalue weighted by Gasteiger charge is -2.12. The molecule has 0 radical (unpaired) electrons. The van der Waals surface area contributed by atoms with E-state index in [1.165, 1.54) is 16.1 Å². The molecule has 15 heavy (non-hydrogen) atoms. The summed E-state index contributed by atoms with van der Waals surface area (Å²) in [6, 6.07) is 7.49. The maximum absolute atomic E-state index is 11.9. The van der Waals surface area contributed by atoms with Gasteiger partial charge in [-0.1, -0.05) is 18.2 Å². The van der Waals surface area contributed by atoms with Crippen LogP contribution in [0, 0.1) is 0 Å². The molecule has 1 amide bonds. The highest BCUT2D eigenvalue weighted by atomic mass is 16.2. The van der Waals surface area contributed by atoms with Crippen LogP contribution in [0.4, 0.5) is 0 Å². The van der Waals surface area contributed by atoms with Crippen molar-refractivity contribution in [2.24, 2.45) is 0 Å². The Morgan fingerprint density at radius 1 is 1.27 bits per heavy atom. The molecule has 0 bridgehead atoms. The average Bonchev–Trinajstić information content (AvgIpc) is 2.87. The third-order valence-electron chi connectivity index (χ3n) is 2.39. The molecule has 1 aromatic carbocycles. The van der Waals surface area contributed by atoms with Crippen LogP contribution in [-0.2, 0) is 6.54 Å². The zero-order valence-corrected chi connectivity index (χ0v) is 7.74. The fourth-order valence-electron chi connectivity index (χ4n) is 1.67. The summed E-state index contributed by atoms with van der Waals surface area (Å²) < 4.78 is 0. The Labute approximate surface area is 85.1 Å². The van der Waals surface area contributed by atoms with Crippen LogP contribution < -0.4 is 5.01 Å². The smallest absolute Gasteiger partial charge is 0.267 e. The number of hydrogen-bond donors (Lipinski definition) is 0. The molecular formula is C9H7N5O. The minimum absolute atomic E-state index is 0.0714. The Bertz CT molecular complexity index is 507. The number of hydrogen-bond acceptors (Lipinski definition) is 4. The minimum Gasteiger partial charge on any atom is -0.267 e. The molecule has 0 atom stereocenters. The lowest BCUT2D eigenvalue weighted by molar-refractivity contribution is 0.0964. The highest BCUT2D eigenvalue weighted by Gasteiger charge is 2.28. The number of carbonyl (C=O) groups excluding carboxylic acids is 1. The topological polar surface area (TPSA) is 63.9 Å². The normalized spacial score (nSPS) is 14.4. The molecule has 0 spiro atoms. The Morgan fingerprint density at radius 2 is 2.13 bits per heavy atom. The number of fused-ring (bicyclic) bond motifs is 1. The number of carbonyl (C=O) groups is 1. The van der Waals surface area contributed by atoms with E-state index < -0.39 is 0 Å². The van der Waals surface area contributed by atoms with Crippen molar-refractivity contribution in [2.45, 2.75) is 6.54 Å². The molecule has 0 aliphatic carbocycles. The maximum Gasteiger partial charge on any atom is 0.274 e. The minimum atomic E-state index is -0.0714. The van der Waals surface area contributed by atoms with Crippen molar-refractivity contribution >= 4 is 5.91 Å². The van der Waals surface area contributed by atoms with Crippen LogP contribution in [0.2, 0.25) is 0 Å². The van der Waals surface area contributed by atoms with Gasteiger partial charge >= 0.3 is 0 Å². The van der Waals surface area contributed by atoms with E-state index >= 15 is 0 Å². The Kier molecular flexibility index (Phi) is 1.55. The molecule has 6 nitrogen and oxygen atoms in total. The van der Waals surface area contributed by atoms with Gasteiger partial charge in [0.05, 0.1) is 6.54 Å². The van der Waals surface area contributed by atoms with Gasteiger partial charge in [-0.05, 0) is 22.1 Å². The fraction of sp³-hybridized carbons (Fsp3) is 0.111. The molecule has 3 rings (SSSR count). The van der Waals surface area contributed by atoms with Gasteiger partial charge in [0.2, 0.25) is 0 Å². The van der Waals surface area contributed by atoms with Crippen LogP contribution in [0.3, 0.4) is 0 Å². The third-order valence-corrected chi connectivity index (χ3v) is 2.39. The first-order valence-corrected chi connectivity index (χ1v) is 4.49. The number of nitrogens with zero attached hydrogens (tertiary/aromatic N) is 5. The molecule has 1 aliphatic heterocycles. The molecule has 0 unspecified atom stereocenters. The van der Waals surface area contributed by atoms with Crippen molar-refractivity contribution < 1.29 is 4.79 Å².